The molecule has 3 nitrogen and oxygen atoms in total. The lowest BCUT2D eigenvalue weighted by Crippen LogP contribution is -2.33. The Morgan fingerprint density at radius 2 is 1.83 bits per heavy atom. The Kier molecular flexibility index (Phi) is 3.71. The number of hydrogen-bond acceptors (Lipinski definition) is 3. The number of aliphatic hydroxyl groups is 1. The number of likely N-dealkylation sites (tertiary alicyclic amines) is 1. The van der Waals surface area contributed by atoms with Crippen LogP contribution in [0.3, 0.4) is 0 Å². The predicted molar refractivity (Wildman–Crippen MR) is 70.2 cm³/mol. The van der Waals surface area contributed by atoms with Crippen molar-refractivity contribution in [3.05, 3.63) is 0 Å². The topological polar surface area (TPSA) is 40.5 Å². The number of ketones is 1. The number of nitrogens with zero attached hydrogens (tertiary/aromatic N) is 1. The van der Waals surface area contributed by atoms with E-state index < -0.39 is 0 Å². The van der Waals surface area contributed by atoms with Crippen LogP contribution in [0, 0.1) is 17.8 Å². The predicted octanol–water partition coefficient (Wildman–Crippen LogP) is 1.84. The van der Waals surface area contributed by atoms with Gasteiger partial charge in [-0.05, 0) is 31.6 Å². The summed E-state index contributed by atoms with van der Waals surface area (Å²) in [5.41, 5.74) is 0. The molecule has 0 amide bonds. The smallest absolute Gasteiger partial charge is 0.149 e. The molecule has 1 aliphatic heterocycles. The molecule has 3 rings (SSSR count). The highest BCUT2D eigenvalue weighted by Crippen LogP contribution is 2.38. The van der Waals surface area contributed by atoms with Gasteiger partial charge < -0.3 is 5.11 Å². The van der Waals surface area contributed by atoms with Gasteiger partial charge in [-0.2, -0.15) is 0 Å². The van der Waals surface area contributed by atoms with Gasteiger partial charge in [0.05, 0.1) is 12.6 Å². The maximum Gasteiger partial charge on any atom is 0.149 e. The number of carbonyl (C=O) groups excluding carboxylic acids is 1. The third-order valence-electron chi connectivity index (χ3n) is 5.33. The van der Waals surface area contributed by atoms with Crippen molar-refractivity contribution < 1.29 is 9.90 Å². The molecule has 1 N–H and O–H groups in total. The van der Waals surface area contributed by atoms with Gasteiger partial charge in [0, 0.05) is 24.9 Å². The maximum atomic E-state index is 12.3. The van der Waals surface area contributed by atoms with Gasteiger partial charge in [0.15, 0.2) is 0 Å². The fourth-order valence-electron chi connectivity index (χ4n) is 4.23. The van der Waals surface area contributed by atoms with Crippen molar-refractivity contribution >= 4 is 5.78 Å². The Morgan fingerprint density at radius 3 is 2.56 bits per heavy atom. The van der Waals surface area contributed by atoms with Crippen molar-refractivity contribution in [2.75, 3.05) is 19.6 Å². The van der Waals surface area contributed by atoms with Gasteiger partial charge in [-0.1, -0.05) is 19.3 Å². The lowest BCUT2D eigenvalue weighted by Gasteiger charge is -2.24. The summed E-state index contributed by atoms with van der Waals surface area (Å²) in [5, 5.41) is 9.89. The standard InChI is InChI=1S/C15H25NO2/c17-14-7-6-12-8-16(9-13(12)14)10-15(18)11-4-2-1-3-5-11/h11-14,17H,1-10H2. The first-order valence-corrected chi connectivity index (χ1v) is 7.67. The first-order chi connectivity index (χ1) is 8.74. The largest absolute Gasteiger partial charge is 0.393 e. The number of Topliss-reactive ketones (excluding diaryl/α,β-unsaturated/α-hetero) is 1. The highest BCUT2D eigenvalue weighted by Gasteiger charge is 2.42. The molecule has 3 unspecified atom stereocenters. The number of aliphatic hydroxyl groups excluding tert-OH is 1. The zero-order valence-electron chi connectivity index (χ0n) is 11.2. The second-order valence-corrected chi connectivity index (χ2v) is 6.56. The van der Waals surface area contributed by atoms with Crippen molar-refractivity contribution in [1.29, 1.82) is 0 Å². The van der Waals surface area contributed by atoms with E-state index in [0.29, 0.717) is 30.1 Å². The number of rotatable bonds is 3. The van der Waals surface area contributed by atoms with Crippen molar-refractivity contribution in [2.45, 2.75) is 51.0 Å². The van der Waals surface area contributed by atoms with Crippen molar-refractivity contribution in [1.82, 2.24) is 4.90 Å². The Morgan fingerprint density at radius 1 is 1.06 bits per heavy atom. The molecule has 0 aromatic carbocycles. The summed E-state index contributed by atoms with van der Waals surface area (Å²) in [5.74, 6) is 1.90. The van der Waals surface area contributed by atoms with E-state index in [1.807, 2.05) is 0 Å². The Bertz CT molecular complexity index is 312. The molecule has 0 radical (unpaired) electrons. The van der Waals surface area contributed by atoms with Crippen LogP contribution in [0.2, 0.25) is 0 Å². The Hall–Kier alpha value is -0.410. The second-order valence-electron chi connectivity index (χ2n) is 6.56. The quantitative estimate of drug-likeness (QED) is 0.832. The molecule has 3 aliphatic rings. The van der Waals surface area contributed by atoms with Gasteiger partial charge in [-0.25, -0.2) is 0 Å². The highest BCUT2D eigenvalue weighted by atomic mass is 16.3. The fraction of sp³-hybridized carbons (Fsp3) is 0.933. The minimum atomic E-state index is -0.107. The van der Waals surface area contributed by atoms with Crippen LogP contribution in [0.1, 0.15) is 44.9 Å². The minimum Gasteiger partial charge on any atom is -0.393 e. The lowest BCUT2D eigenvalue weighted by molar-refractivity contribution is -0.124. The third kappa shape index (κ3) is 2.48. The average Bonchev–Trinajstić information content (AvgIpc) is 2.93. The summed E-state index contributed by atoms with van der Waals surface area (Å²) in [6.07, 6.45) is 8.03. The molecule has 18 heavy (non-hydrogen) atoms. The van der Waals surface area contributed by atoms with Crippen LogP contribution < -0.4 is 0 Å². The summed E-state index contributed by atoms with van der Waals surface area (Å²) in [6, 6.07) is 0. The number of hydrogen-bond donors (Lipinski definition) is 1. The van der Waals surface area contributed by atoms with Crippen LogP contribution in [0.4, 0.5) is 0 Å². The van der Waals surface area contributed by atoms with Gasteiger partial charge in [-0.3, -0.25) is 9.69 Å². The molecule has 0 bridgehead atoms. The van der Waals surface area contributed by atoms with Gasteiger partial charge in [-0.15, -0.1) is 0 Å². The molecule has 0 aromatic heterocycles. The highest BCUT2D eigenvalue weighted by molar-refractivity contribution is 5.83. The van der Waals surface area contributed by atoms with Crippen LogP contribution in [-0.4, -0.2) is 41.5 Å². The monoisotopic (exact) mass is 251 g/mol. The first-order valence-electron chi connectivity index (χ1n) is 7.67. The second kappa shape index (κ2) is 5.30. The molecule has 3 fully saturated rings. The minimum absolute atomic E-state index is 0.107. The molecule has 3 heteroatoms. The van der Waals surface area contributed by atoms with E-state index in [2.05, 4.69) is 4.90 Å². The Labute approximate surface area is 110 Å². The molecule has 2 saturated carbocycles. The lowest BCUT2D eigenvalue weighted by atomic mass is 9.86. The molecule has 2 aliphatic carbocycles. The molecule has 1 saturated heterocycles. The molecule has 3 atom stereocenters. The average molecular weight is 251 g/mol. The zero-order valence-corrected chi connectivity index (χ0v) is 11.2. The molecular formula is C15H25NO2. The van der Waals surface area contributed by atoms with E-state index in [1.54, 1.807) is 0 Å². The molecule has 0 aromatic rings. The van der Waals surface area contributed by atoms with Gasteiger partial charge in [0.2, 0.25) is 0 Å². The van der Waals surface area contributed by atoms with Crippen LogP contribution in [-0.2, 0) is 4.79 Å². The third-order valence-corrected chi connectivity index (χ3v) is 5.33. The zero-order chi connectivity index (χ0) is 12.5. The van der Waals surface area contributed by atoms with E-state index in [4.69, 9.17) is 0 Å². The van der Waals surface area contributed by atoms with E-state index in [9.17, 15) is 9.90 Å². The van der Waals surface area contributed by atoms with E-state index in [-0.39, 0.29) is 6.10 Å². The van der Waals surface area contributed by atoms with E-state index >= 15 is 0 Å². The number of carbonyl (C=O) groups is 1. The summed E-state index contributed by atoms with van der Waals surface area (Å²) in [7, 11) is 0. The maximum absolute atomic E-state index is 12.3. The number of fused-ring (bicyclic) bond motifs is 1. The van der Waals surface area contributed by atoms with Crippen molar-refractivity contribution in [3.63, 3.8) is 0 Å². The molecule has 0 spiro atoms. The Balaban J connectivity index is 1.50. The molecular weight excluding hydrogens is 226 g/mol. The van der Waals surface area contributed by atoms with Crippen molar-refractivity contribution in [3.8, 4) is 0 Å². The fourth-order valence-corrected chi connectivity index (χ4v) is 4.23. The summed E-state index contributed by atoms with van der Waals surface area (Å²) in [6.45, 7) is 2.63. The molecule has 102 valence electrons. The summed E-state index contributed by atoms with van der Waals surface area (Å²) < 4.78 is 0. The SMILES string of the molecule is O=C(CN1CC2CCC(O)C2C1)C1CCCCC1. The molecule has 1 heterocycles. The van der Waals surface area contributed by atoms with Crippen LogP contribution in [0.15, 0.2) is 0 Å². The van der Waals surface area contributed by atoms with Gasteiger partial charge >= 0.3 is 0 Å². The van der Waals surface area contributed by atoms with Crippen LogP contribution >= 0.6 is 0 Å². The van der Waals surface area contributed by atoms with Gasteiger partial charge in [0.1, 0.15) is 5.78 Å². The summed E-state index contributed by atoms with van der Waals surface area (Å²) >= 11 is 0. The van der Waals surface area contributed by atoms with Gasteiger partial charge in [0.25, 0.3) is 0 Å². The normalized spacial score (nSPS) is 37.9. The summed E-state index contributed by atoms with van der Waals surface area (Å²) in [4.78, 5) is 14.6. The van der Waals surface area contributed by atoms with E-state index in [1.165, 1.54) is 19.3 Å². The van der Waals surface area contributed by atoms with E-state index in [0.717, 1.165) is 38.8 Å². The van der Waals surface area contributed by atoms with Crippen molar-refractivity contribution in [2.24, 2.45) is 17.8 Å². The first kappa shape index (κ1) is 12.6. The van der Waals surface area contributed by atoms with Crippen LogP contribution in [0.5, 0.6) is 0 Å². The van der Waals surface area contributed by atoms with Crippen LogP contribution in [0.25, 0.3) is 0 Å².